The highest BCUT2D eigenvalue weighted by Gasteiger charge is 2.20. The van der Waals surface area contributed by atoms with Crippen LogP contribution < -0.4 is 10.6 Å². The summed E-state index contributed by atoms with van der Waals surface area (Å²) in [7, 11) is 0. The van der Waals surface area contributed by atoms with Crippen molar-refractivity contribution in [1.82, 2.24) is 5.16 Å². The molecule has 0 saturated carbocycles. The van der Waals surface area contributed by atoms with E-state index in [0.717, 1.165) is 18.2 Å². The second kappa shape index (κ2) is 5.51. The molecular formula is C14H15F2N3O2. The van der Waals surface area contributed by atoms with E-state index in [1.165, 1.54) is 0 Å². The van der Waals surface area contributed by atoms with E-state index in [1.54, 1.807) is 6.07 Å². The molecule has 0 spiro atoms. The fourth-order valence-electron chi connectivity index (χ4n) is 1.55. The van der Waals surface area contributed by atoms with Crippen LogP contribution in [0.3, 0.4) is 0 Å². The Morgan fingerprint density at radius 1 is 1.19 bits per heavy atom. The van der Waals surface area contributed by atoms with Gasteiger partial charge in [0.05, 0.1) is 5.69 Å². The minimum atomic E-state index is -0.742. The highest BCUT2D eigenvalue weighted by atomic mass is 19.1. The smallest absolute Gasteiger partial charge is 0.325 e. The topological polar surface area (TPSA) is 67.2 Å². The van der Waals surface area contributed by atoms with E-state index in [1.807, 2.05) is 20.8 Å². The van der Waals surface area contributed by atoms with Crippen molar-refractivity contribution in [3.8, 4) is 0 Å². The summed E-state index contributed by atoms with van der Waals surface area (Å²) < 4.78 is 31.5. The molecule has 0 aliphatic carbocycles. The SMILES string of the molecule is CC(C)(C)c1cc(NC(=O)Nc2cc(F)ccc2F)no1. The van der Waals surface area contributed by atoms with Crippen molar-refractivity contribution in [2.24, 2.45) is 0 Å². The van der Waals surface area contributed by atoms with Gasteiger partial charge in [0.15, 0.2) is 5.82 Å². The number of hydrogen-bond acceptors (Lipinski definition) is 3. The first-order valence-corrected chi connectivity index (χ1v) is 6.26. The maximum atomic E-state index is 13.4. The van der Waals surface area contributed by atoms with Crippen LogP contribution in [0.5, 0.6) is 0 Å². The summed E-state index contributed by atoms with van der Waals surface area (Å²) in [6.45, 7) is 5.79. The van der Waals surface area contributed by atoms with E-state index in [0.29, 0.717) is 5.76 Å². The molecule has 1 aromatic heterocycles. The average molecular weight is 295 g/mol. The highest BCUT2D eigenvalue weighted by Crippen LogP contribution is 2.24. The Labute approximate surface area is 120 Å². The Hall–Kier alpha value is -2.44. The van der Waals surface area contributed by atoms with Crippen LogP contribution in [-0.2, 0) is 5.41 Å². The quantitative estimate of drug-likeness (QED) is 0.883. The van der Waals surface area contributed by atoms with Crippen molar-refractivity contribution in [3.63, 3.8) is 0 Å². The molecule has 0 aliphatic heterocycles. The summed E-state index contributed by atoms with van der Waals surface area (Å²) in [5.74, 6) is -0.603. The molecule has 0 bridgehead atoms. The number of urea groups is 1. The maximum Gasteiger partial charge on any atom is 0.325 e. The molecule has 0 unspecified atom stereocenters. The van der Waals surface area contributed by atoms with Crippen molar-refractivity contribution < 1.29 is 18.1 Å². The lowest BCUT2D eigenvalue weighted by Gasteiger charge is -2.12. The number of carbonyl (C=O) groups excluding carboxylic acids is 1. The lowest BCUT2D eigenvalue weighted by Crippen LogP contribution is -2.20. The van der Waals surface area contributed by atoms with Crippen molar-refractivity contribution in [2.75, 3.05) is 10.6 Å². The number of nitrogens with zero attached hydrogens (tertiary/aromatic N) is 1. The standard InChI is InChI=1S/C14H15F2N3O2/c1-14(2,3)11-7-12(19-21-11)18-13(20)17-10-6-8(15)4-5-9(10)16/h4-7H,1-3H3,(H2,17,18,19,20). The van der Waals surface area contributed by atoms with Gasteiger partial charge in [-0.15, -0.1) is 0 Å². The zero-order chi connectivity index (χ0) is 15.6. The fraction of sp³-hybridized carbons (Fsp3) is 0.286. The first-order valence-electron chi connectivity index (χ1n) is 6.26. The van der Waals surface area contributed by atoms with Crippen LogP contribution in [-0.4, -0.2) is 11.2 Å². The fourth-order valence-corrected chi connectivity index (χ4v) is 1.55. The van der Waals surface area contributed by atoms with Crippen LogP contribution >= 0.6 is 0 Å². The van der Waals surface area contributed by atoms with Crippen LogP contribution in [0.2, 0.25) is 0 Å². The van der Waals surface area contributed by atoms with Gasteiger partial charge in [-0.05, 0) is 12.1 Å². The number of rotatable bonds is 2. The van der Waals surface area contributed by atoms with E-state index >= 15 is 0 Å². The van der Waals surface area contributed by atoms with Crippen LogP contribution in [0.1, 0.15) is 26.5 Å². The molecule has 112 valence electrons. The molecule has 2 rings (SSSR count). The van der Waals surface area contributed by atoms with Crippen molar-refractivity contribution in [1.29, 1.82) is 0 Å². The second-order valence-electron chi connectivity index (χ2n) is 5.53. The number of carbonyl (C=O) groups is 1. The molecule has 1 aromatic carbocycles. The summed E-state index contributed by atoms with van der Waals surface area (Å²) in [5, 5.41) is 8.28. The number of halogens is 2. The highest BCUT2D eigenvalue weighted by molar-refractivity contribution is 5.99. The molecule has 0 atom stereocenters. The number of anilines is 2. The van der Waals surface area contributed by atoms with Crippen molar-refractivity contribution in [3.05, 3.63) is 41.7 Å². The minimum absolute atomic E-state index is 0.189. The van der Waals surface area contributed by atoms with Crippen molar-refractivity contribution >= 4 is 17.5 Å². The summed E-state index contributed by atoms with van der Waals surface area (Å²) in [5.41, 5.74) is -0.509. The molecule has 2 aromatic rings. The van der Waals surface area contributed by atoms with Crippen LogP contribution in [0, 0.1) is 11.6 Å². The molecule has 0 aliphatic rings. The first-order chi connectivity index (χ1) is 9.75. The number of aromatic nitrogens is 1. The Bertz CT molecular complexity index is 662. The van der Waals surface area contributed by atoms with E-state index in [-0.39, 0.29) is 16.9 Å². The van der Waals surface area contributed by atoms with Crippen molar-refractivity contribution in [2.45, 2.75) is 26.2 Å². The molecule has 1 heterocycles. The Morgan fingerprint density at radius 3 is 2.52 bits per heavy atom. The maximum absolute atomic E-state index is 13.4. The number of amides is 2. The van der Waals surface area contributed by atoms with E-state index < -0.39 is 17.7 Å². The van der Waals surface area contributed by atoms with Crippen LogP contribution in [0.25, 0.3) is 0 Å². The molecule has 5 nitrogen and oxygen atoms in total. The van der Waals surface area contributed by atoms with E-state index in [4.69, 9.17) is 4.52 Å². The Balaban J connectivity index is 2.05. The number of hydrogen-bond donors (Lipinski definition) is 2. The predicted octanol–water partition coefficient (Wildman–Crippen LogP) is 3.89. The summed E-state index contributed by atoms with van der Waals surface area (Å²) in [4.78, 5) is 11.7. The minimum Gasteiger partial charge on any atom is -0.359 e. The third-order valence-corrected chi connectivity index (χ3v) is 2.67. The lowest BCUT2D eigenvalue weighted by molar-refractivity contribution is 0.261. The molecule has 2 N–H and O–H groups in total. The van der Waals surface area contributed by atoms with Gasteiger partial charge in [-0.1, -0.05) is 25.9 Å². The third kappa shape index (κ3) is 3.77. The normalized spacial score (nSPS) is 11.3. The van der Waals surface area contributed by atoms with E-state index in [9.17, 15) is 13.6 Å². The van der Waals surface area contributed by atoms with Gasteiger partial charge >= 0.3 is 6.03 Å². The molecule has 0 fully saturated rings. The monoisotopic (exact) mass is 295 g/mol. The van der Waals surface area contributed by atoms with Gasteiger partial charge in [0.2, 0.25) is 0 Å². The Kier molecular flexibility index (Phi) is 3.93. The number of nitrogens with one attached hydrogen (secondary N) is 2. The van der Waals surface area contributed by atoms with Crippen LogP contribution in [0.15, 0.2) is 28.8 Å². The van der Waals surface area contributed by atoms with Gasteiger partial charge in [0, 0.05) is 17.5 Å². The van der Waals surface area contributed by atoms with Gasteiger partial charge in [-0.25, -0.2) is 13.6 Å². The molecule has 0 radical (unpaired) electrons. The summed E-state index contributed by atoms with van der Waals surface area (Å²) in [6, 6.07) is 3.61. The molecular weight excluding hydrogens is 280 g/mol. The lowest BCUT2D eigenvalue weighted by atomic mass is 9.93. The second-order valence-corrected chi connectivity index (χ2v) is 5.53. The Morgan fingerprint density at radius 2 is 1.90 bits per heavy atom. The third-order valence-electron chi connectivity index (χ3n) is 2.67. The van der Waals surface area contributed by atoms with Gasteiger partial charge < -0.3 is 9.84 Å². The largest absolute Gasteiger partial charge is 0.359 e. The summed E-state index contributed by atoms with van der Waals surface area (Å²) in [6.07, 6.45) is 0. The zero-order valence-electron chi connectivity index (χ0n) is 11.8. The molecule has 21 heavy (non-hydrogen) atoms. The molecule has 7 heteroatoms. The first kappa shape index (κ1) is 15.0. The average Bonchev–Trinajstić information content (AvgIpc) is 2.82. The van der Waals surface area contributed by atoms with Gasteiger partial charge in [-0.2, -0.15) is 0 Å². The van der Waals surface area contributed by atoms with Gasteiger partial charge in [0.1, 0.15) is 17.4 Å². The van der Waals surface area contributed by atoms with E-state index in [2.05, 4.69) is 15.8 Å². The van der Waals surface area contributed by atoms with Crippen LogP contribution in [0.4, 0.5) is 25.1 Å². The molecule has 2 amide bonds. The van der Waals surface area contributed by atoms with Gasteiger partial charge in [0.25, 0.3) is 0 Å². The molecule has 0 saturated heterocycles. The zero-order valence-corrected chi connectivity index (χ0v) is 11.8. The predicted molar refractivity (Wildman–Crippen MR) is 74.2 cm³/mol. The van der Waals surface area contributed by atoms with Gasteiger partial charge in [-0.3, -0.25) is 5.32 Å². The number of benzene rings is 1. The summed E-state index contributed by atoms with van der Waals surface area (Å²) >= 11 is 0.